The van der Waals surface area contributed by atoms with Crippen LogP contribution in [0.15, 0.2) is 13.2 Å². The van der Waals surface area contributed by atoms with E-state index >= 15 is 0 Å². The summed E-state index contributed by atoms with van der Waals surface area (Å²) in [7, 11) is 0. The minimum absolute atomic E-state index is 1.05. The van der Waals surface area contributed by atoms with E-state index in [2.05, 4.69) is 33.9 Å². The molecule has 4 fully saturated rings. The molecule has 0 radical (unpaired) electrons. The van der Waals surface area contributed by atoms with Gasteiger partial charge in [-0.15, -0.1) is 13.2 Å². The Kier molecular flexibility index (Phi) is 45.5. The molecule has 4 saturated carbocycles. The van der Waals surface area contributed by atoms with Gasteiger partial charge in [0.25, 0.3) is 0 Å². The summed E-state index contributed by atoms with van der Waals surface area (Å²) in [6.07, 6.45) is 25.3. The van der Waals surface area contributed by atoms with Crippen LogP contribution in [0.25, 0.3) is 0 Å². The lowest BCUT2D eigenvalue weighted by atomic mass is 10.2. The maximum atomic E-state index is 3.00. The Bertz CT molecular complexity index is 194. The molecule has 0 aromatic rings. The van der Waals surface area contributed by atoms with E-state index in [1.54, 1.807) is 0 Å². The van der Waals surface area contributed by atoms with Crippen LogP contribution in [0, 0.1) is 17.8 Å². The van der Waals surface area contributed by atoms with Gasteiger partial charge in [-0.05, 0) is 17.8 Å². The molecular formula is C31H68. The summed E-state index contributed by atoms with van der Waals surface area (Å²) in [6.45, 7) is 25.0. The molecule has 4 rings (SSSR count). The van der Waals surface area contributed by atoms with Gasteiger partial charge in [0, 0.05) is 0 Å². The minimum atomic E-state index is 1.05. The van der Waals surface area contributed by atoms with Crippen molar-refractivity contribution in [1.29, 1.82) is 0 Å². The zero-order valence-corrected chi connectivity index (χ0v) is 24.2. The molecule has 0 unspecified atom stereocenters. The van der Waals surface area contributed by atoms with Gasteiger partial charge in [0.2, 0.25) is 0 Å². The molecule has 0 spiro atoms. The lowest BCUT2D eigenvalue weighted by Crippen LogP contribution is -1.78. The predicted molar refractivity (Wildman–Crippen MR) is 151 cm³/mol. The van der Waals surface area contributed by atoms with E-state index in [1.807, 2.05) is 41.5 Å². The van der Waals surface area contributed by atoms with E-state index in [0.717, 1.165) is 17.8 Å². The van der Waals surface area contributed by atoms with Crippen molar-refractivity contribution in [3.05, 3.63) is 13.2 Å². The Morgan fingerprint density at radius 2 is 0.452 bits per heavy atom. The van der Waals surface area contributed by atoms with Gasteiger partial charge >= 0.3 is 0 Å². The molecule has 0 nitrogen and oxygen atoms in total. The highest BCUT2D eigenvalue weighted by Crippen LogP contribution is 2.24. The summed E-state index contributed by atoms with van der Waals surface area (Å²) >= 11 is 0. The summed E-state index contributed by atoms with van der Waals surface area (Å²) in [5.41, 5.74) is 0. The third kappa shape index (κ3) is 34.5. The highest BCUT2D eigenvalue weighted by molar-refractivity contribution is 4.61. The van der Waals surface area contributed by atoms with Gasteiger partial charge in [-0.3, -0.25) is 0 Å². The van der Waals surface area contributed by atoms with Gasteiger partial charge in [0.1, 0.15) is 0 Å². The first-order valence-corrected chi connectivity index (χ1v) is 14.7. The van der Waals surface area contributed by atoms with Crippen molar-refractivity contribution in [1.82, 2.24) is 0 Å². The SMILES string of the molecule is C1CCCC1.C=C.CC.CC.CC.CC1CCCC1.CC1CCCC1.CC1CCCC1. The van der Waals surface area contributed by atoms with Gasteiger partial charge in [0.05, 0.1) is 0 Å². The molecule has 0 aromatic heterocycles. The lowest BCUT2D eigenvalue weighted by Gasteiger charge is -1.91. The van der Waals surface area contributed by atoms with Crippen LogP contribution in [-0.4, -0.2) is 0 Å². The Labute approximate surface area is 202 Å². The van der Waals surface area contributed by atoms with Gasteiger partial charge in [-0.25, -0.2) is 0 Å². The fraction of sp³-hybridized carbons (Fsp3) is 0.935. The van der Waals surface area contributed by atoms with Crippen molar-refractivity contribution < 1.29 is 0 Å². The standard InChI is InChI=1S/3C6H12.C5H10.3C2H6.C2H4/c3*1-6-4-2-3-5-6;1-2-4-5-3-1;4*1-2/h3*6H,2-5H2,1H3;1-5H2;3*1-2H3;1-2H2. The van der Waals surface area contributed by atoms with Crippen LogP contribution in [0.3, 0.4) is 0 Å². The van der Waals surface area contributed by atoms with Crippen LogP contribution in [0.5, 0.6) is 0 Å². The van der Waals surface area contributed by atoms with E-state index in [1.165, 1.54) is 109 Å². The van der Waals surface area contributed by atoms with Crippen LogP contribution >= 0.6 is 0 Å². The highest BCUT2D eigenvalue weighted by atomic mass is 14.1. The van der Waals surface area contributed by atoms with Crippen molar-refractivity contribution in [3.8, 4) is 0 Å². The molecule has 0 N–H and O–H groups in total. The Hall–Kier alpha value is -0.260. The smallest absolute Gasteiger partial charge is 0.0443 e. The van der Waals surface area contributed by atoms with Crippen LogP contribution in [0.1, 0.15) is 171 Å². The van der Waals surface area contributed by atoms with Gasteiger partial charge < -0.3 is 0 Å². The summed E-state index contributed by atoms with van der Waals surface area (Å²) in [5, 5.41) is 0. The topological polar surface area (TPSA) is 0 Å². The molecular weight excluding hydrogens is 372 g/mol. The van der Waals surface area contributed by atoms with Crippen LogP contribution in [-0.2, 0) is 0 Å². The van der Waals surface area contributed by atoms with E-state index in [0.29, 0.717) is 0 Å². The molecule has 4 aliphatic rings. The molecule has 0 amide bonds. The number of hydrogen-bond donors (Lipinski definition) is 0. The van der Waals surface area contributed by atoms with Crippen molar-refractivity contribution >= 4 is 0 Å². The highest BCUT2D eigenvalue weighted by Gasteiger charge is 2.08. The first kappa shape index (κ1) is 38.0. The first-order chi connectivity index (χ1) is 15.2. The largest absolute Gasteiger partial charge is 0.106 e. The number of rotatable bonds is 0. The Morgan fingerprint density at radius 3 is 0.516 bits per heavy atom. The summed E-state index contributed by atoms with van der Waals surface area (Å²) in [6, 6.07) is 0. The van der Waals surface area contributed by atoms with Gasteiger partial charge in [0.15, 0.2) is 0 Å². The van der Waals surface area contributed by atoms with E-state index in [-0.39, 0.29) is 0 Å². The van der Waals surface area contributed by atoms with E-state index < -0.39 is 0 Å². The van der Waals surface area contributed by atoms with E-state index in [9.17, 15) is 0 Å². The van der Waals surface area contributed by atoms with E-state index in [4.69, 9.17) is 0 Å². The second-order valence-corrected chi connectivity index (χ2v) is 8.94. The lowest BCUT2D eigenvalue weighted by molar-refractivity contribution is 0.612. The maximum Gasteiger partial charge on any atom is -0.0443 e. The second kappa shape index (κ2) is 37.1. The molecule has 0 heteroatoms. The summed E-state index contributed by atoms with van der Waals surface area (Å²) in [5.74, 6) is 3.14. The molecule has 31 heavy (non-hydrogen) atoms. The number of hydrogen-bond acceptors (Lipinski definition) is 0. The monoisotopic (exact) mass is 441 g/mol. The van der Waals surface area contributed by atoms with Crippen LogP contribution in [0.4, 0.5) is 0 Å². The molecule has 4 aliphatic carbocycles. The maximum absolute atomic E-state index is 3.00. The quantitative estimate of drug-likeness (QED) is 0.328. The van der Waals surface area contributed by atoms with Crippen LogP contribution < -0.4 is 0 Å². The zero-order chi connectivity index (χ0) is 24.8. The summed E-state index contributed by atoms with van der Waals surface area (Å²) < 4.78 is 0. The van der Waals surface area contributed by atoms with Crippen molar-refractivity contribution in [2.75, 3.05) is 0 Å². The summed E-state index contributed by atoms with van der Waals surface area (Å²) in [4.78, 5) is 0. The third-order valence-corrected chi connectivity index (χ3v) is 6.18. The Balaban J connectivity index is -0.000000142. The minimum Gasteiger partial charge on any atom is -0.106 e. The Morgan fingerprint density at radius 1 is 0.323 bits per heavy atom. The van der Waals surface area contributed by atoms with Crippen LogP contribution in [0.2, 0.25) is 0 Å². The average molecular weight is 441 g/mol. The fourth-order valence-corrected chi connectivity index (χ4v) is 4.27. The third-order valence-electron chi connectivity index (χ3n) is 6.18. The molecule has 0 aliphatic heterocycles. The molecule has 0 bridgehead atoms. The van der Waals surface area contributed by atoms with Gasteiger partial charge in [-0.1, -0.05) is 171 Å². The molecule has 0 aromatic carbocycles. The van der Waals surface area contributed by atoms with Gasteiger partial charge in [-0.2, -0.15) is 0 Å². The normalized spacial score (nSPS) is 19.4. The predicted octanol–water partition coefficient (Wildman–Crippen LogP) is 12.4. The zero-order valence-electron chi connectivity index (χ0n) is 24.2. The molecule has 0 heterocycles. The second-order valence-electron chi connectivity index (χ2n) is 8.94. The fourth-order valence-electron chi connectivity index (χ4n) is 4.27. The molecule has 192 valence electrons. The van der Waals surface area contributed by atoms with Crippen molar-refractivity contribution in [3.63, 3.8) is 0 Å². The average Bonchev–Trinajstić information content (AvgIpc) is 3.65. The molecule has 0 atom stereocenters. The molecule has 0 saturated heterocycles. The van der Waals surface area contributed by atoms with Crippen molar-refractivity contribution in [2.45, 2.75) is 171 Å². The van der Waals surface area contributed by atoms with Crippen molar-refractivity contribution in [2.24, 2.45) is 17.8 Å². The first-order valence-electron chi connectivity index (χ1n) is 14.7.